The zero-order valence-electron chi connectivity index (χ0n) is 14.0. The fourth-order valence-corrected chi connectivity index (χ4v) is 3.46. The first-order valence-corrected chi connectivity index (χ1v) is 9.37. The van der Waals surface area contributed by atoms with Crippen LogP contribution < -0.4 is 14.8 Å². The van der Waals surface area contributed by atoms with Crippen molar-refractivity contribution in [1.29, 1.82) is 0 Å². The average Bonchev–Trinajstić information content (AvgIpc) is 2.55. The summed E-state index contributed by atoms with van der Waals surface area (Å²) in [7, 11) is -2.50. The Morgan fingerprint density at radius 1 is 1.16 bits per heavy atom. The van der Waals surface area contributed by atoms with E-state index in [0.717, 1.165) is 0 Å². The number of hydrogen-bond acceptors (Lipinski definition) is 4. The largest absolute Gasteiger partial charge is 0.496 e. The van der Waals surface area contributed by atoms with Gasteiger partial charge < -0.3 is 10.1 Å². The van der Waals surface area contributed by atoms with Gasteiger partial charge in [-0.2, -0.15) is 0 Å². The van der Waals surface area contributed by atoms with Gasteiger partial charge in [0, 0.05) is 6.04 Å². The number of methoxy groups -OCH3 is 1. The van der Waals surface area contributed by atoms with Crippen LogP contribution in [-0.2, 0) is 10.0 Å². The average molecular weight is 383 g/mol. The summed E-state index contributed by atoms with van der Waals surface area (Å²) in [5.74, 6) is -0.128. The zero-order chi connectivity index (χ0) is 18.6. The minimum Gasteiger partial charge on any atom is -0.496 e. The molecule has 0 radical (unpaired) electrons. The van der Waals surface area contributed by atoms with Crippen LogP contribution in [0.25, 0.3) is 0 Å². The van der Waals surface area contributed by atoms with E-state index in [1.165, 1.54) is 25.3 Å². The van der Waals surface area contributed by atoms with E-state index in [9.17, 15) is 13.2 Å². The molecule has 0 spiro atoms. The molecule has 0 aliphatic rings. The predicted molar refractivity (Wildman–Crippen MR) is 97.9 cm³/mol. The number of rotatable bonds is 6. The number of amides is 1. The molecule has 1 amide bonds. The highest BCUT2D eigenvalue weighted by atomic mass is 35.5. The van der Waals surface area contributed by atoms with Crippen molar-refractivity contribution in [1.82, 2.24) is 5.32 Å². The smallest absolute Gasteiger partial charge is 0.261 e. The lowest BCUT2D eigenvalue weighted by Crippen LogP contribution is -2.30. The molecular formula is C17H19ClN2O4S. The van der Waals surface area contributed by atoms with Crippen LogP contribution in [-0.4, -0.2) is 27.5 Å². The number of benzene rings is 2. The van der Waals surface area contributed by atoms with Gasteiger partial charge in [0.15, 0.2) is 0 Å². The highest BCUT2D eigenvalue weighted by Gasteiger charge is 2.21. The van der Waals surface area contributed by atoms with Gasteiger partial charge in [-0.3, -0.25) is 9.52 Å². The third-order valence-corrected chi connectivity index (χ3v) is 4.96. The Bertz CT molecular complexity index is 882. The van der Waals surface area contributed by atoms with Crippen LogP contribution in [0.4, 0.5) is 5.69 Å². The van der Waals surface area contributed by atoms with Crippen LogP contribution in [0.3, 0.4) is 0 Å². The summed E-state index contributed by atoms with van der Waals surface area (Å²) in [6.45, 7) is 3.62. The Morgan fingerprint density at radius 3 is 2.44 bits per heavy atom. The van der Waals surface area contributed by atoms with E-state index in [4.69, 9.17) is 16.3 Å². The second-order valence-electron chi connectivity index (χ2n) is 5.58. The summed E-state index contributed by atoms with van der Waals surface area (Å²) >= 11 is 5.99. The molecule has 0 fully saturated rings. The van der Waals surface area contributed by atoms with Crippen molar-refractivity contribution < 1.29 is 17.9 Å². The number of carbonyl (C=O) groups is 1. The van der Waals surface area contributed by atoms with Gasteiger partial charge in [0.05, 0.1) is 28.3 Å². The van der Waals surface area contributed by atoms with Gasteiger partial charge in [0.2, 0.25) is 0 Å². The Labute approximate surface area is 152 Å². The number of hydrogen-bond donors (Lipinski definition) is 2. The molecule has 25 heavy (non-hydrogen) atoms. The minimum atomic E-state index is -3.92. The maximum absolute atomic E-state index is 12.6. The molecule has 0 heterocycles. The Morgan fingerprint density at radius 2 is 1.84 bits per heavy atom. The Balaban J connectivity index is 2.41. The molecule has 134 valence electrons. The zero-order valence-corrected chi connectivity index (χ0v) is 15.6. The number of nitrogens with one attached hydrogen (secondary N) is 2. The quantitative estimate of drug-likeness (QED) is 0.802. The fraction of sp³-hybridized carbons (Fsp3) is 0.235. The normalized spacial score (nSPS) is 11.2. The van der Waals surface area contributed by atoms with Crippen LogP contribution in [0, 0.1) is 0 Å². The Hall–Kier alpha value is -2.25. The second kappa shape index (κ2) is 7.76. The molecule has 0 aliphatic carbocycles. The van der Waals surface area contributed by atoms with Crippen LogP contribution in [0.5, 0.6) is 5.75 Å². The molecule has 0 atom stereocenters. The van der Waals surface area contributed by atoms with Crippen LogP contribution >= 0.6 is 11.6 Å². The molecule has 2 rings (SSSR count). The van der Waals surface area contributed by atoms with E-state index < -0.39 is 15.9 Å². The van der Waals surface area contributed by atoms with E-state index >= 15 is 0 Å². The predicted octanol–water partition coefficient (Wildman–Crippen LogP) is 3.29. The number of ether oxygens (including phenoxy) is 1. The molecule has 0 unspecified atom stereocenters. The molecule has 2 aromatic carbocycles. The van der Waals surface area contributed by atoms with Gasteiger partial charge in [0.1, 0.15) is 5.75 Å². The van der Waals surface area contributed by atoms with E-state index in [-0.39, 0.29) is 33.0 Å². The lowest BCUT2D eigenvalue weighted by molar-refractivity contribution is 0.0940. The first kappa shape index (κ1) is 19.1. The van der Waals surface area contributed by atoms with Crippen molar-refractivity contribution in [3.8, 4) is 5.75 Å². The lowest BCUT2D eigenvalue weighted by atomic mass is 10.2. The number of halogens is 1. The fourth-order valence-electron chi connectivity index (χ4n) is 2.12. The topological polar surface area (TPSA) is 84.5 Å². The van der Waals surface area contributed by atoms with Crippen molar-refractivity contribution in [2.45, 2.75) is 24.8 Å². The number of para-hydroxylation sites is 1. The first-order chi connectivity index (χ1) is 11.7. The molecular weight excluding hydrogens is 364 g/mol. The molecule has 0 bridgehead atoms. The van der Waals surface area contributed by atoms with Crippen LogP contribution in [0.15, 0.2) is 47.4 Å². The van der Waals surface area contributed by atoms with Crippen molar-refractivity contribution in [2.75, 3.05) is 11.8 Å². The molecule has 2 N–H and O–H groups in total. The molecule has 0 aliphatic heterocycles. The summed E-state index contributed by atoms with van der Waals surface area (Å²) in [5, 5.41) is 2.99. The maximum atomic E-state index is 12.6. The summed E-state index contributed by atoms with van der Waals surface area (Å²) in [4.78, 5) is 12.2. The highest BCUT2D eigenvalue weighted by Crippen LogP contribution is 2.27. The maximum Gasteiger partial charge on any atom is 0.261 e. The number of carbonyl (C=O) groups excluding carboxylic acids is 1. The second-order valence-corrected chi connectivity index (χ2v) is 7.67. The van der Waals surface area contributed by atoms with Gasteiger partial charge in [-0.25, -0.2) is 8.42 Å². The SMILES string of the molecule is COc1ccc(S(=O)(=O)Nc2ccccc2Cl)cc1C(=O)NC(C)C. The van der Waals surface area contributed by atoms with Crippen LogP contribution in [0.2, 0.25) is 5.02 Å². The van der Waals surface area contributed by atoms with E-state index in [1.807, 2.05) is 13.8 Å². The standard InChI is InChI=1S/C17H19ClN2O4S/c1-11(2)19-17(21)13-10-12(8-9-16(13)24-3)25(22,23)20-15-7-5-4-6-14(15)18/h4-11,20H,1-3H3,(H,19,21). The van der Waals surface area contributed by atoms with Crippen LogP contribution in [0.1, 0.15) is 24.2 Å². The van der Waals surface area contributed by atoms with E-state index in [1.54, 1.807) is 24.3 Å². The van der Waals surface area contributed by atoms with Crippen molar-refractivity contribution in [2.24, 2.45) is 0 Å². The van der Waals surface area contributed by atoms with Crippen molar-refractivity contribution >= 4 is 33.2 Å². The van der Waals surface area contributed by atoms with Crippen molar-refractivity contribution in [3.05, 3.63) is 53.1 Å². The molecule has 0 aromatic heterocycles. The number of sulfonamides is 1. The molecule has 2 aromatic rings. The summed E-state index contributed by atoms with van der Waals surface area (Å²) in [6, 6.07) is 10.5. The monoisotopic (exact) mass is 382 g/mol. The summed E-state index contributed by atoms with van der Waals surface area (Å²) in [6.07, 6.45) is 0. The third-order valence-electron chi connectivity index (χ3n) is 3.26. The number of anilines is 1. The van der Waals surface area contributed by atoms with Crippen molar-refractivity contribution in [3.63, 3.8) is 0 Å². The highest BCUT2D eigenvalue weighted by molar-refractivity contribution is 7.92. The third kappa shape index (κ3) is 4.64. The van der Waals surface area contributed by atoms with Gasteiger partial charge in [-0.1, -0.05) is 23.7 Å². The minimum absolute atomic E-state index is 0.0675. The first-order valence-electron chi connectivity index (χ1n) is 7.51. The lowest BCUT2D eigenvalue weighted by Gasteiger charge is -2.14. The summed E-state index contributed by atoms with van der Waals surface area (Å²) in [5.41, 5.74) is 0.395. The molecule has 6 nitrogen and oxygen atoms in total. The van der Waals surface area contributed by atoms with Gasteiger partial charge in [-0.05, 0) is 44.2 Å². The van der Waals surface area contributed by atoms with Gasteiger partial charge >= 0.3 is 0 Å². The molecule has 8 heteroatoms. The van der Waals surface area contributed by atoms with Gasteiger partial charge in [0.25, 0.3) is 15.9 Å². The molecule has 0 saturated carbocycles. The van der Waals surface area contributed by atoms with E-state index in [2.05, 4.69) is 10.0 Å². The molecule has 0 saturated heterocycles. The Kier molecular flexibility index (Phi) is 5.92. The van der Waals surface area contributed by atoms with E-state index in [0.29, 0.717) is 0 Å². The van der Waals surface area contributed by atoms with Gasteiger partial charge in [-0.15, -0.1) is 0 Å². The summed E-state index contributed by atoms with van der Waals surface area (Å²) < 4.78 is 32.8.